The number of carbonyl (C=O) groups excluding carboxylic acids is 2. The van der Waals surface area contributed by atoms with Crippen LogP contribution in [0.15, 0.2) is 24.3 Å². The Morgan fingerprint density at radius 2 is 1.90 bits per heavy atom. The molecule has 0 unspecified atom stereocenters. The van der Waals surface area contributed by atoms with E-state index in [1.54, 1.807) is 6.92 Å². The average Bonchev–Trinajstić information content (AvgIpc) is 2.39. The highest BCUT2D eigenvalue weighted by Crippen LogP contribution is 2.19. The van der Waals surface area contributed by atoms with E-state index in [1.807, 2.05) is 5.32 Å². The number of anilines is 1. The molecule has 4 nitrogen and oxygen atoms in total. The third kappa shape index (κ3) is 3.84. The Morgan fingerprint density at radius 3 is 2.50 bits per heavy atom. The van der Waals surface area contributed by atoms with Crippen LogP contribution in [0.4, 0.5) is 18.9 Å². The van der Waals surface area contributed by atoms with Gasteiger partial charge in [-0.3, -0.25) is 4.79 Å². The average molecular weight is 287 g/mol. The molecule has 7 heteroatoms. The summed E-state index contributed by atoms with van der Waals surface area (Å²) in [5.41, 5.74) is -0.539. The molecule has 0 spiro atoms. The molecule has 0 aliphatic carbocycles. The molecule has 0 heterocycles. The number of nitrogens with one attached hydrogen (secondary N) is 1. The smallest absolute Gasteiger partial charge is 0.331 e. The summed E-state index contributed by atoms with van der Waals surface area (Å²) in [5.74, 6) is -6.20. The van der Waals surface area contributed by atoms with Crippen molar-refractivity contribution in [2.75, 3.05) is 5.32 Å². The van der Waals surface area contributed by atoms with E-state index >= 15 is 0 Å². The zero-order valence-corrected chi connectivity index (χ0v) is 10.7. The molecule has 1 N–H and O–H groups in total. The van der Waals surface area contributed by atoms with Crippen LogP contribution in [0, 0.1) is 17.5 Å². The van der Waals surface area contributed by atoms with Gasteiger partial charge >= 0.3 is 5.97 Å². The molecule has 0 radical (unpaired) electrons. The number of hydrogen-bond acceptors (Lipinski definition) is 3. The minimum absolute atomic E-state index is 0.539. The Balaban J connectivity index is 2.76. The lowest BCUT2D eigenvalue weighted by atomic mass is 10.2. The van der Waals surface area contributed by atoms with E-state index in [-0.39, 0.29) is 0 Å². The van der Waals surface area contributed by atoms with Gasteiger partial charge in [-0.2, -0.15) is 0 Å². The number of esters is 1. The third-order valence-electron chi connectivity index (χ3n) is 2.26. The number of rotatable bonds is 4. The number of amides is 1. The molecule has 108 valence electrons. The van der Waals surface area contributed by atoms with Gasteiger partial charge in [-0.25, -0.2) is 18.0 Å². The monoisotopic (exact) mass is 287 g/mol. The first-order chi connectivity index (χ1) is 9.36. The van der Waals surface area contributed by atoms with E-state index in [0.29, 0.717) is 6.07 Å². The van der Waals surface area contributed by atoms with Crippen molar-refractivity contribution in [2.45, 2.75) is 20.0 Å². The fourth-order valence-corrected chi connectivity index (χ4v) is 1.26. The van der Waals surface area contributed by atoms with Crippen LogP contribution in [0.25, 0.3) is 0 Å². The van der Waals surface area contributed by atoms with E-state index in [0.717, 1.165) is 12.1 Å². The highest BCUT2D eigenvalue weighted by Gasteiger charge is 2.20. The van der Waals surface area contributed by atoms with Crippen LogP contribution in [0.1, 0.15) is 13.8 Å². The van der Waals surface area contributed by atoms with Crippen LogP contribution < -0.4 is 5.32 Å². The maximum atomic E-state index is 13.3. The van der Waals surface area contributed by atoms with Gasteiger partial charge in [0.05, 0.1) is 5.69 Å². The molecule has 0 aromatic heterocycles. The largest absolute Gasteiger partial charge is 0.449 e. The van der Waals surface area contributed by atoms with Gasteiger partial charge in [0.25, 0.3) is 5.91 Å². The predicted molar refractivity (Wildman–Crippen MR) is 65.3 cm³/mol. The number of hydrogen-bond donors (Lipinski definition) is 1. The normalized spacial score (nSPS) is 12.2. The molecule has 0 aliphatic heterocycles. The number of halogens is 3. The first-order valence-corrected chi connectivity index (χ1v) is 5.64. The second kappa shape index (κ2) is 6.74. The minimum atomic E-state index is -1.69. The van der Waals surface area contributed by atoms with E-state index in [4.69, 9.17) is 4.74 Å². The Bertz CT molecular complexity index is 558. The lowest BCUT2D eigenvalue weighted by Crippen LogP contribution is -2.29. The lowest BCUT2D eigenvalue weighted by molar-refractivity contribution is -0.148. The van der Waals surface area contributed by atoms with Crippen LogP contribution in [-0.2, 0) is 14.3 Å². The SMILES string of the molecule is C/C=C/C(=O)O[C@H](C)C(=O)Nc1ccc(F)c(F)c1F. The van der Waals surface area contributed by atoms with Crippen molar-refractivity contribution in [3.63, 3.8) is 0 Å². The number of benzene rings is 1. The van der Waals surface area contributed by atoms with Gasteiger partial charge in [-0.15, -0.1) is 0 Å². The van der Waals surface area contributed by atoms with Gasteiger partial charge in [-0.05, 0) is 26.0 Å². The van der Waals surface area contributed by atoms with Crippen molar-refractivity contribution in [3.05, 3.63) is 41.7 Å². The maximum absolute atomic E-state index is 13.3. The summed E-state index contributed by atoms with van der Waals surface area (Å²) in [6.45, 7) is 2.84. The first-order valence-electron chi connectivity index (χ1n) is 5.64. The summed E-state index contributed by atoms with van der Waals surface area (Å²) in [7, 11) is 0. The molecule has 1 aromatic rings. The molecule has 0 saturated heterocycles. The second-order valence-electron chi connectivity index (χ2n) is 3.79. The molecule has 1 rings (SSSR count). The zero-order valence-electron chi connectivity index (χ0n) is 10.7. The number of ether oxygens (including phenoxy) is 1. The molecule has 20 heavy (non-hydrogen) atoms. The van der Waals surface area contributed by atoms with Crippen molar-refractivity contribution in [2.24, 2.45) is 0 Å². The Kier molecular flexibility index (Phi) is 5.31. The maximum Gasteiger partial charge on any atom is 0.331 e. The van der Waals surface area contributed by atoms with E-state index in [1.165, 1.54) is 13.0 Å². The summed E-state index contributed by atoms with van der Waals surface area (Å²) in [6.07, 6.45) is 1.30. The van der Waals surface area contributed by atoms with E-state index in [9.17, 15) is 22.8 Å². The van der Waals surface area contributed by atoms with Crippen molar-refractivity contribution < 1.29 is 27.5 Å². The van der Waals surface area contributed by atoms with Crippen LogP contribution >= 0.6 is 0 Å². The molecule has 1 atom stereocenters. The second-order valence-corrected chi connectivity index (χ2v) is 3.79. The number of allylic oxidation sites excluding steroid dienone is 1. The van der Waals surface area contributed by atoms with Gasteiger partial charge in [0.2, 0.25) is 0 Å². The van der Waals surface area contributed by atoms with Crippen LogP contribution in [-0.4, -0.2) is 18.0 Å². The minimum Gasteiger partial charge on any atom is -0.449 e. The zero-order chi connectivity index (χ0) is 15.3. The number of carbonyl (C=O) groups is 2. The highest BCUT2D eigenvalue weighted by atomic mass is 19.2. The van der Waals surface area contributed by atoms with Crippen LogP contribution in [0.3, 0.4) is 0 Å². The molecule has 0 aliphatic rings. The standard InChI is InChI=1S/C13H12F3NO3/c1-3-4-10(18)20-7(2)13(19)17-9-6-5-8(14)11(15)12(9)16/h3-7H,1-2H3,(H,17,19)/b4-3+/t7-/m1/s1. The van der Waals surface area contributed by atoms with Crippen molar-refractivity contribution in [1.82, 2.24) is 0 Å². The Hall–Kier alpha value is -2.31. The summed E-state index contributed by atoms with van der Waals surface area (Å²) in [6, 6.07) is 1.54. The molecule has 0 saturated carbocycles. The topological polar surface area (TPSA) is 55.4 Å². The first kappa shape index (κ1) is 15.7. The van der Waals surface area contributed by atoms with Gasteiger partial charge in [0.1, 0.15) is 0 Å². The fourth-order valence-electron chi connectivity index (χ4n) is 1.26. The van der Waals surface area contributed by atoms with Gasteiger partial charge in [0.15, 0.2) is 23.6 Å². The molecule has 1 aromatic carbocycles. The van der Waals surface area contributed by atoms with Gasteiger partial charge in [-0.1, -0.05) is 6.08 Å². The lowest BCUT2D eigenvalue weighted by Gasteiger charge is -2.13. The quantitative estimate of drug-likeness (QED) is 0.526. The summed E-state index contributed by atoms with van der Waals surface area (Å²) in [5, 5.41) is 2.00. The molecule has 1 amide bonds. The molecular formula is C13H12F3NO3. The molecular weight excluding hydrogens is 275 g/mol. The highest BCUT2D eigenvalue weighted by molar-refractivity contribution is 5.96. The summed E-state index contributed by atoms with van der Waals surface area (Å²) in [4.78, 5) is 22.7. The van der Waals surface area contributed by atoms with Gasteiger partial charge in [0, 0.05) is 6.08 Å². The van der Waals surface area contributed by atoms with Crippen molar-refractivity contribution >= 4 is 17.6 Å². The molecule has 0 bridgehead atoms. The fraction of sp³-hybridized carbons (Fsp3) is 0.231. The predicted octanol–water partition coefficient (Wildman–Crippen LogP) is 2.55. The summed E-state index contributed by atoms with van der Waals surface area (Å²) < 4.78 is 43.7. The Labute approximate surface area is 113 Å². The van der Waals surface area contributed by atoms with E-state index in [2.05, 4.69) is 0 Å². The van der Waals surface area contributed by atoms with Crippen LogP contribution in [0.2, 0.25) is 0 Å². The summed E-state index contributed by atoms with van der Waals surface area (Å²) >= 11 is 0. The van der Waals surface area contributed by atoms with Gasteiger partial charge < -0.3 is 10.1 Å². The third-order valence-corrected chi connectivity index (χ3v) is 2.26. The van der Waals surface area contributed by atoms with Crippen molar-refractivity contribution in [3.8, 4) is 0 Å². The van der Waals surface area contributed by atoms with Crippen molar-refractivity contribution in [1.29, 1.82) is 0 Å². The van der Waals surface area contributed by atoms with E-state index < -0.39 is 41.1 Å². The molecule has 0 fully saturated rings. The van der Waals surface area contributed by atoms with Crippen LogP contribution in [0.5, 0.6) is 0 Å². The Morgan fingerprint density at radius 1 is 1.25 bits per heavy atom.